The molecule has 0 aliphatic heterocycles. The topological polar surface area (TPSA) is 22.6 Å². The number of ether oxygens (including phenoxy) is 2. The van der Waals surface area contributed by atoms with Gasteiger partial charge in [-0.05, 0) is 35.4 Å². The average Bonchev–Trinajstić information content (AvgIpc) is 3.03. The van der Waals surface area contributed by atoms with E-state index in [0.717, 1.165) is 50.2 Å². The van der Waals surface area contributed by atoms with Crippen molar-refractivity contribution in [2.45, 2.75) is 0 Å². The Labute approximate surface area is 233 Å². The molecule has 0 aliphatic carbocycles. The molecule has 0 bridgehead atoms. The molecule has 0 saturated carbocycles. The molecule has 0 aliphatic rings. The van der Waals surface area contributed by atoms with Gasteiger partial charge < -0.3 is 9.47 Å². The molecule has 0 radical (unpaired) electrons. The number of aromatic nitrogens is 1. The third-order valence-electron chi connectivity index (χ3n) is 7.68. The monoisotopic (exact) mass is 518 g/mol. The van der Waals surface area contributed by atoms with Gasteiger partial charge in [-0.3, -0.25) is 0 Å². The van der Waals surface area contributed by atoms with Gasteiger partial charge in [0.25, 0.3) is 0 Å². The maximum atomic E-state index is 5.96. The molecule has 7 aromatic rings. The first kappa shape index (κ1) is 23.9. The second-order valence-electron chi connectivity index (χ2n) is 9.88. The lowest BCUT2D eigenvalue weighted by Gasteiger charge is -2.17. The van der Waals surface area contributed by atoms with Crippen LogP contribution in [0.2, 0.25) is 0 Å². The van der Waals surface area contributed by atoms with Crippen molar-refractivity contribution >= 4 is 27.1 Å². The number of hydrogen-bond acceptors (Lipinski definition) is 2. The summed E-state index contributed by atoms with van der Waals surface area (Å²) in [4.78, 5) is 0. The van der Waals surface area contributed by atoms with Gasteiger partial charge in [0.2, 0.25) is 11.2 Å². The predicted octanol–water partition coefficient (Wildman–Crippen LogP) is 8.75. The number of methoxy groups -OCH3 is 2. The van der Waals surface area contributed by atoms with Crippen molar-refractivity contribution in [2.24, 2.45) is 0 Å². The van der Waals surface area contributed by atoms with E-state index in [2.05, 4.69) is 132 Å². The summed E-state index contributed by atoms with van der Waals surface area (Å²) in [6.07, 6.45) is 2.23. The molecule has 0 N–H and O–H groups in total. The van der Waals surface area contributed by atoms with Gasteiger partial charge in [0.05, 0.1) is 36.1 Å². The van der Waals surface area contributed by atoms with Crippen LogP contribution in [0.3, 0.4) is 0 Å². The van der Waals surface area contributed by atoms with E-state index in [1.165, 1.54) is 21.9 Å². The summed E-state index contributed by atoms with van der Waals surface area (Å²) in [5.41, 5.74) is 8.08. The highest BCUT2D eigenvalue weighted by molar-refractivity contribution is 6.15. The highest BCUT2D eigenvalue weighted by Gasteiger charge is 2.29. The number of fused-ring (bicyclic) bond motifs is 4. The fraction of sp³-hybridized carbons (Fsp3) is 0.0541. The number of rotatable bonds is 5. The maximum Gasteiger partial charge on any atom is 0.227 e. The Kier molecular flexibility index (Phi) is 5.90. The van der Waals surface area contributed by atoms with E-state index < -0.39 is 0 Å². The smallest absolute Gasteiger partial charge is 0.227 e. The van der Waals surface area contributed by atoms with Crippen molar-refractivity contribution in [3.8, 4) is 45.0 Å². The summed E-state index contributed by atoms with van der Waals surface area (Å²) >= 11 is 0. The second-order valence-corrected chi connectivity index (χ2v) is 9.88. The van der Waals surface area contributed by atoms with Gasteiger partial charge in [-0.25, -0.2) is 0 Å². The van der Waals surface area contributed by atoms with Crippen molar-refractivity contribution in [3.63, 3.8) is 0 Å². The van der Waals surface area contributed by atoms with E-state index in [0.29, 0.717) is 0 Å². The number of benzene rings is 5. The summed E-state index contributed by atoms with van der Waals surface area (Å²) in [5.74, 6) is 1.54. The minimum atomic E-state index is 0.763. The molecule has 0 saturated heterocycles. The fourth-order valence-electron chi connectivity index (χ4n) is 5.94. The van der Waals surface area contributed by atoms with E-state index in [9.17, 15) is 0 Å². The SMILES string of the molecule is COc1cc(OC)c2c[n+]3c(-c4ccccc4)c(-c4ccccc4)c4ccccc4c3c(-c3ccccc3)c2c1. The lowest BCUT2D eigenvalue weighted by atomic mass is 9.89. The molecule has 192 valence electrons. The zero-order valence-electron chi connectivity index (χ0n) is 22.5. The zero-order chi connectivity index (χ0) is 27.1. The summed E-state index contributed by atoms with van der Waals surface area (Å²) in [7, 11) is 3.42. The van der Waals surface area contributed by atoms with Crippen molar-refractivity contribution < 1.29 is 13.9 Å². The minimum Gasteiger partial charge on any atom is -0.497 e. The van der Waals surface area contributed by atoms with Gasteiger partial charge in [0.1, 0.15) is 11.5 Å². The Morgan fingerprint density at radius 2 is 1.02 bits per heavy atom. The molecular weight excluding hydrogens is 490 g/mol. The van der Waals surface area contributed by atoms with E-state index in [1.807, 2.05) is 6.07 Å². The van der Waals surface area contributed by atoms with Crippen LogP contribution in [0.25, 0.3) is 60.6 Å². The minimum absolute atomic E-state index is 0.763. The third-order valence-corrected chi connectivity index (χ3v) is 7.68. The summed E-state index contributed by atoms with van der Waals surface area (Å²) in [5, 5.41) is 4.49. The number of hydrogen-bond donors (Lipinski definition) is 0. The van der Waals surface area contributed by atoms with E-state index in [-0.39, 0.29) is 0 Å². The Hall–Kier alpha value is -5.15. The lowest BCUT2D eigenvalue weighted by molar-refractivity contribution is -0.495. The first-order valence-corrected chi connectivity index (χ1v) is 13.4. The summed E-state index contributed by atoms with van der Waals surface area (Å²) < 4.78 is 14.1. The van der Waals surface area contributed by atoms with E-state index in [4.69, 9.17) is 9.47 Å². The van der Waals surface area contributed by atoms with Crippen molar-refractivity contribution in [3.05, 3.63) is 134 Å². The molecule has 0 unspecified atom stereocenters. The molecule has 3 nitrogen and oxygen atoms in total. The highest BCUT2D eigenvalue weighted by Crippen LogP contribution is 2.44. The van der Waals surface area contributed by atoms with Gasteiger partial charge >= 0.3 is 0 Å². The molecule has 3 heteroatoms. The fourth-order valence-corrected chi connectivity index (χ4v) is 5.94. The van der Waals surface area contributed by atoms with Crippen LogP contribution in [0.5, 0.6) is 11.5 Å². The largest absolute Gasteiger partial charge is 0.497 e. The second kappa shape index (κ2) is 9.87. The van der Waals surface area contributed by atoms with Crippen LogP contribution in [0, 0.1) is 0 Å². The Morgan fingerprint density at radius 1 is 0.475 bits per heavy atom. The van der Waals surface area contributed by atoms with Gasteiger partial charge in [0.15, 0.2) is 6.20 Å². The first-order valence-electron chi connectivity index (χ1n) is 13.4. The average molecular weight is 519 g/mol. The van der Waals surface area contributed by atoms with Crippen molar-refractivity contribution in [2.75, 3.05) is 14.2 Å². The molecule has 40 heavy (non-hydrogen) atoms. The predicted molar refractivity (Wildman–Crippen MR) is 164 cm³/mol. The highest BCUT2D eigenvalue weighted by atomic mass is 16.5. The summed E-state index contributed by atoms with van der Waals surface area (Å²) in [6, 6.07) is 44.8. The van der Waals surface area contributed by atoms with Crippen LogP contribution in [0.1, 0.15) is 0 Å². The van der Waals surface area contributed by atoms with Crippen LogP contribution in [-0.4, -0.2) is 14.2 Å². The third kappa shape index (κ3) is 3.78. The van der Waals surface area contributed by atoms with Crippen LogP contribution in [-0.2, 0) is 0 Å². The maximum absolute atomic E-state index is 5.96. The molecule has 0 atom stereocenters. The molecule has 0 spiro atoms. The zero-order valence-corrected chi connectivity index (χ0v) is 22.5. The standard InChI is InChI=1S/C37H28NO2/c1-39-28-22-31-32(33(23-28)40-2)24-38-36(27-18-10-5-11-19-27)34(25-14-6-3-7-15-25)29-20-12-13-21-30(29)37(38)35(31)26-16-8-4-9-17-26/h3-24H,1-2H3/q+1. The van der Waals surface area contributed by atoms with Gasteiger partial charge in [-0.1, -0.05) is 97.1 Å². The quantitative estimate of drug-likeness (QED) is 0.129. The van der Waals surface area contributed by atoms with Crippen molar-refractivity contribution in [1.82, 2.24) is 0 Å². The van der Waals surface area contributed by atoms with Crippen LogP contribution >= 0.6 is 0 Å². The molecule has 0 amide bonds. The Bertz CT molecular complexity index is 2000. The lowest BCUT2D eigenvalue weighted by Crippen LogP contribution is -2.27. The molecule has 2 aromatic heterocycles. The molecule has 7 rings (SSSR count). The van der Waals surface area contributed by atoms with Crippen molar-refractivity contribution in [1.29, 1.82) is 0 Å². The molecule has 2 heterocycles. The molecule has 5 aromatic carbocycles. The van der Waals surface area contributed by atoms with E-state index >= 15 is 0 Å². The summed E-state index contributed by atoms with van der Waals surface area (Å²) in [6.45, 7) is 0. The van der Waals surface area contributed by atoms with Gasteiger partial charge in [-0.2, -0.15) is 4.40 Å². The van der Waals surface area contributed by atoms with Crippen LogP contribution in [0.4, 0.5) is 0 Å². The normalized spacial score (nSPS) is 11.2. The Morgan fingerprint density at radius 3 is 1.62 bits per heavy atom. The number of pyridine rings is 2. The molecule has 0 fully saturated rings. The first-order chi connectivity index (χ1) is 19.8. The van der Waals surface area contributed by atoms with E-state index in [1.54, 1.807) is 14.2 Å². The van der Waals surface area contributed by atoms with Crippen LogP contribution in [0.15, 0.2) is 134 Å². The Balaban J connectivity index is 1.82. The number of nitrogens with zero attached hydrogens (tertiary/aromatic N) is 1. The van der Waals surface area contributed by atoms with Gasteiger partial charge in [0, 0.05) is 22.4 Å². The van der Waals surface area contributed by atoms with Gasteiger partial charge in [-0.15, -0.1) is 0 Å². The van der Waals surface area contributed by atoms with Crippen LogP contribution < -0.4 is 13.9 Å². The molecular formula is C37H28NO2+.